The van der Waals surface area contributed by atoms with Crippen molar-refractivity contribution in [3.63, 3.8) is 0 Å². The number of ether oxygens (including phenoxy) is 1. The first kappa shape index (κ1) is 25.5. The Morgan fingerprint density at radius 3 is 2.47 bits per heavy atom. The van der Waals surface area contributed by atoms with Crippen molar-refractivity contribution in [2.75, 3.05) is 6.61 Å². The van der Waals surface area contributed by atoms with Gasteiger partial charge in [-0.2, -0.15) is 0 Å². The Balaban J connectivity index is 1.54. The highest BCUT2D eigenvalue weighted by Gasteiger charge is 2.61. The fourth-order valence-electron chi connectivity index (χ4n) is 8.65. The molecule has 6 atom stereocenters. The van der Waals surface area contributed by atoms with Gasteiger partial charge in [0.1, 0.15) is 6.61 Å². The van der Waals surface area contributed by atoms with E-state index in [9.17, 15) is 13.6 Å². The second-order valence-corrected chi connectivity index (χ2v) is 13.2. The van der Waals surface area contributed by atoms with Crippen LogP contribution < -0.4 is 5.73 Å². The monoisotopic (exact) mass is 497 g/mol. The molecule has 3 nitrogen and oxygen atoms in total. The summed E-state index contributed by atoms with van der Waals surface area (Å²) in [5.41, 5.74) is 11.4. The number of carbonyl (C=O) groups excluding carboxylic acids is 1. The molecular formula is C31H41F2NO2. The van der Waals surface area contributed by atoms with Gasteiger partial charge in [0.05, 0.1) is 0 Å². The van der Waals surface area contributed by atoms with Gasteiger partial charge in [0, 0.05) is 22.1 Å². The van der Waals surface area contributed by atoms with E-state index in [0.717, 1.165) is 48.9 Å². The average molecular weight is 498 g/mol. The smallest absolute Gasteiger partial charge is 0.272 e. The molecule has 5 aliphatic rings. The van der Waals surface area contributed by atoms with Gasteiger partial charge >= 0.3 is 0 Å². The first-order valence-electron chi connectivity index (χ1n) is 13.5. The second-order valence-electron chi connectivity index (χ2n) is 13.2. The number of carbonyl (C=O) groups is 1. The number of alkyl halides is 2. The van der Waals surface area contributed by atoms with E-state index in [1.54, 1.807) is 6.08 Å². The molecule has 0 heterocycles. The molecule has 196 valence electrons. The lowest BCUT2D eigenvalue weighted by Crippen LogP contribution is -2.56. The van der Waals surface area contributed by atoms with E-state index in [1.807, 2.05) is 6.92 Å². The normalized spacial score (nSPS) is 41.9. The first-order chi connectivity index (χ1) is 16.8. The summed E-state index contributed by atoms with van der Waals surface area (Å²) < 4.78 is 30.8. The summed E-state index contributed by atoms with van der Waals surface area (Å²) in [4.78, 5) is 13.0. The topological polar surface area (TPSA) is 52.3 Å². The van der Waals surface area contributed by atoms with Crippen LogP contribution in [0.15, 0.2) is 58.6 Å². The van der Waals surface area contributed by atoms with Crippen molar-refractivity contribution in [2.24, 2.45) is 39.2 Å². The van der Waals surface area contributed by atoms with Crippen molar-refractivity contribution in [3.05, 3.63) is 58.6 Å². The van der Waals surface area contributed by atoms with Crippen LogP contribution in [0.25, 0.3) is 0 Å². The van der Waals surface area contributed by atoms with Gasteiger partial charge in [-0.05, 0) is 91.8 Å². The summed E-state index contributed by atoms with van der Waals surface area (Å²) in [6.07, 6.45) is 11.3. The van der Waals surface area contributed by atoms with Crippen LogP contribution in [-0.4, -0.2) is 18.8 Å². The Morgan fingerprint density at radius 2 is 1.81 bits per heavy atom. The zero-order chi connectivity index (χ0) is 26.3. The molecule has 5 unspecified atom stereocenters. The van der Waals surface area contributed by atoms with Crippen molar-refractivity contribution < 1.29 is 18.3 Å². The van der Waals surface area contributed by atoms with Crippen LogP contribution in [0.2, 0.25) is 0 Å². The third kappa shape index (κ3) is 3.51. The second kappa shape index (κ2) is 8.16. The SMILES string of the molecule is C=C(N)[C@]1(C)CCC2(C)CCC3(C)C4=CC=C5C(=CC(=O)C(OCC(F)F)=C5C)C4(C)CCC3C2C1. The van der Waals surface area contributed by atoms with Crippen LogP contribution in [0.5, 0.6) is 0 Å². The zero-order valence-corrected chi connectivity index (χ0v) is 22.5. The van der Waals surface area contributed by atoms with Gasteiger partial charge in [-0.3, -0.25) is 4.79 Å². The molecular weight excluding hydrogens is 456 g/mol. The molecule has 0 saturated heterocycles. The van der Waals surface area contributed by atoms with E-state index in [1.165, 1.54) is 18.4 Å². The maximum absolute atomic E-state index is 13.0. The Bertz CT molecular complexity index is 1150. The summed E-state index contributed by atoms with van der Waals surface area (Å²) in [5, 5.41) is 0. The molecule has 0 radical (unpaired) electrons. The number of hydrogen-bond acceptors (Lipinski definition) is 3. The Hall–Kier alpha value is -2.17. The predicted octanol–water partition coefficient (Wildman–Crippen LogP) is 7.42. The Kier molecular flexibility index (Phi) is 5.78. The summed E-state index contributed by atoms with van der Waals surface area (Å²) >= 11 is 0. The molecule has 0 aromatic rings. The molecule has 0 aliphatic heterocycles. The molecule has 0 aromatic carbocycles. The summed E-state index contributed by atoms with van der Waals surface area (Å²) in [6.45, 7) is 14.7. The standard InChI is InChI=1S/C31H41F2NO2/c1-18-20-7-8-25-30(5,22(20)15-24(35)27(18)36-17-26(32)33)10-9-21-23-16-29(4,19(2)34)12-11-28(23,3)13-14-31(21,25)6/h7-8,15,21,23,26H,2,9-14,16-17,34H2,1,3-6H3/t21?,23?,28?,29-,30?,31?/m1/s1. The van der Waals surface area contributed by atoms with Gasteiger partial charge < -0.3 is 10.5 Å². The van der Waals surface area contributed by atoms with Crippen molar-refractivity contribution in [2.45, 2.75) is 86.0 Å². The summed E-state index contributed by atoms with van der Waals surface area (Å²) in [6, 6.07) is 0. The predicted molar refractivity (Wildman–Crippen MR) is 139 cm³/mol. The van der Waals surface area contributed by atoms with E-state index < -0.39 is 13.0 Å². The first-order valence-corrected chi connectivity index (χ1v) is 13.5. The average Bonchev–Trinajstić information content (AvgIpc) is 2.80. The number of rotatable bonds is 4. The maximum atomic E-state index is 13.0. The number of fused-ring (bicyclic) bond motifs is 7. The van der Waals surface area contributed by atoms with Gasteiger partial charge in [0.2, 0.25) is 5.78 Å². The van der Waals surface area contributed by atoms with Crippen LogP contribution >= 0.6 is 0 Å². The van der Waals surface area contributed by atoms with Crippen LogP contribution in [0.4, 0.5) is 8.78 Å². The lowest BCUT2D eigenvalue weighted by Gasteiger charge is -2.65. The van der Waals surface area contributed by atoms with Crippen LogP contribution in [0.1, 0.15) is 79.6 Å². The fourth-order valence-corrected chi connectivity index (χ4v) is 8.65. The van der Waals surface area contributed by atoms with Gasteiger partial charge in [0.15, 0.2) is 5.76 Å². The van der Waals surface area contributed by atoms with Gasteiger partial charge in [-0.25, -0.2) is 8.78 Å². The molecule has 0 amide bonds. The molecule has 0 bridgehead atoms. The molecule has 3 fully saturated rings. The van der Waals surface area contributed by atoms with E-state index in [0.29, 0.717) is 22.8 Å². The fraction of sp³-hybridized carbons (Fsp3) is 0.645. The van der Waals surface area contributed by atoms with Crippen molar-refractivity contribution >= 4 is 5.78 Å². The van der Waals surface area contributed by atoms with Gasteiger partial charge in [-0.15, -0.1) is 0 Å². The molecule has 2 N–H and O–H groups in total. The number of ketones is 1. The Morgan fingerprint density at radius 1 is 1.11 bits per heavy atom. The highest BCUT2D eigenvalue weighted by Crippen LogP contribution is 2.71. The van der Waals surface area contributed by atoms with Crippen molar-refractivity contribution in [1.82, 2.24) is 0 Å². The third-order valence-corrected chi connectivity index (χ3v) is 11.2. The highest BCUT2D eigenvalue weighted by atomic mass is 19.3. The van der Waals surface area contributed by atoms with Gasteiger partial charge in [-0.1, -0.05) is 52.0 Å². The lowest BCUT2D eigenvalue weighted by molar-refractivity contribution is -0.115. The van der Waals surface area contributed by atoms with Crippen LogP contribution in [-0.2, 0) is 9.53 Å². The van der Waals surface area contributed by atoms with Crippen LogP contribution in [0, 0.1) is 33.5 Å². The largest absolute Gasteiger partial charge is 0.483 e. The third-order valence-electron chi connectivity index (χ3n) is 11.2. The summed E-state index contributed by atoms with van der Waals surface area (Å²) in [5.74, 6) is 0.911. The minimum atomic E-state index is -2.61. The number of nitrogens with two attached hydrogens (primary N) is 1. The quantitative estimate of drug-likeness (QED) is 0.440. The van der Waals surface area contributed by atoms with Crippen LogP contribution in [0.3, 0.4) is 0 Å². The zero-order valence-electron chi connectivity index (χ0n) is 22.5. The van der Waals surface area contributed by atoms with E-state index in [4.69, 9.17) is 10.5 Å². The van der Waals surface area contributed by atoms with E-state index >= 15 is 0 Å². The van der Waals surface area contributed by atoms with E-state index in [-0.39, 0.29) is 27.8 Å². The minimum absolute atomic E-state index is 0.00789. The van der Waals surface area contributed by atoms with Crippen molar-refractivity contribution in [1.29, 1.82) is 0 Å². The molecule has 5 aliphatic carbocycles. The molecule has 5 heteroatoms. The number of allylic oxidation sites excluding steroid dienone is 8. The lowest BCUT2D eigenvalue weighted by atomic mass is 9.39. The Labute approximate surface area is 214 Å². The number of halogens is 2. The van der Waals surface area contributed by atoms with Gasteiger partial charge in [0.25, 0.3) is 6.43 Å². The van der Waals surface area contributed by atoms with E-state index in [2.05, 4.69) is 46.4 Å². The molecule has 3 saturated carbocycles. The summed E-state index contributed by atoms with van der Waals surface area (Å²) in [7, 11) is 0. The maximum Gasteiger partial charge on any atom is 0.272 e. The molecule has 5 rings (SSSR count). The minimum Gasteiger partial charge on any atom is -0.483 e. The molecule has 0 spiro atoms. The number of hydrogen-bond donors (Lipinski definition) is 1. The van der Waals surface area contributed by atoms with Crippen molar-refractivity contribution in [3.8, 4) is 0 Å². The molecule has 0 aromatic heterocycles. The highest BCUT2D eigenvalue weighted by molar-refractivity contribution is 6.07. The molecule has 36 heavy (non-hydrogen) atoms.